The Morgan fingerprint density at radius 2 is 1.69 bits per heavy atom. The van der Waals surface area contributed by atoms with E-state index >= 15 is 0 Å². The van der Waals surface area contributed by atoms with Crippen LogP contribution in [0.15, 0.2) is 67.0 Å². The van der Waals surface area contributed by atoms with Crippen molar-refractivity contribution >= 4 is 34.8 Å². The third kappa shape index (κ3) is 5.03. The van der Waals surface area contributed by atoms with Crippen molar-refractivity contribution in [1.29, 1.82) is 0 Å². The van der Waals surface area contributed by atoms with E-state index in [4.69, 9.17) is 4.74 Å². The number of aromatic nitrogens is 2. The van der Waals surface area contributed by atoms with Crippen LogP contribution in [0.1, 0.15) is 6.42 Å². The summed E-state index contributed by atoms with van der Waals surface area (Å²) in [6, 6.07) is 19.5. The van der Waals surface area contributed by atoms with E-state index < -0.39 is 5.92 Å². The van der Waals surface area contributed by atoms with Gasteiger partial charge in [-0.1, -0.05) is 24.3 Å². The number of benzene rings is 2. The molecule has 1 aromatic heterocycles. The second-order valence-corrected chi connectivity index (χ2v) is 8.67. The molecular formula is C26H28N6O3. The number of carbonyl (C=O) groups is 2. The van der Waals surface area contributed by atoms with Gasteiger partial charge in [0.05, 0.1) is 13.0 Å². The molecule has 0 bridgehead atoms. The Hall–Kier alpha value is -4.14. The summed E-state index contributed by atoms with van der Waals surface area (Å²) >= 11 is 0. The fourth-order valence-electron chi connectivity index (χ4n) is 4.56. The van der Waals surface area contributed by atoms with Crippen LogP contribution in [0.2, 0.25) is 0 Å². The number of anilines is 4. The molecule has 0 radical (unpaired) electrons. The van der Waals surface area contributed by atoms with Crippen molar-refractivity contribution in [2.75, 3.05) is 59.9 Å². The predicted octanol–water partition coefficient (Wildman–Crippen LogP) is 2.80. The molecule has 2 aromatic carbocycles. The van der Waals surface area contributed by atoms with E-state index in [9.17, 15) is 9.59 Å². The number of piperazine rings is 1. The van der Waals surface area contributed by atoms with E-state index in [0.717, 1.165) is 37.7 Å². The van der Waals surface area contributed by atoms with Gasteiger partial charge in [0, 0.05) is 62.7 Å². The largest absolute Gasteiger partial charge is 0.497 e. The number of nitrogens with zero attached hydrogens (tertiary/aromatic N) is 5. The molecule has 9 heteroatoms. The predicted molar refractivity (Wildman–Crippen MR) is 135 cm³/mol. The second kappa shape index (κ2) is 10.0. The highest BCUT2D eigenvalue weighted by molar-refractivity contribution is 6.03. The maximum Gasteiger partial charge on any atom is 0.230 e. The molecule has 9 nitrogen and oxygen atoms in total. The third-order valence-electron chi connectivity index (χ3n) is 6.49. The van der Waals surface area contributed by atoms with Gasteiger partial charge in [-0.25, -0.2) is 9.97 Å². The van der Waals surface area contributed by atoms with Gasteiger partial charge < -0.3 is 24.8 Å². The lowest BCUT2D eigenvalue weighted by atomic mass is 10.1. The number of hydrogen-bond acceptors (Lipinski definition) is 7. The molecule has 1 atom stereocenters. The molecular weight excluding hydrogens is 444 g/mol. The van der Waals surface area contributed by atoms with Gasteiger partial charge in [0.25, 0.3) is 0 Å². The number of para-hydroxylation sites is 1. The van der Waals surface area contributed by atoms with Crippen LogP contribution in [0.3, 0.4) is 0 Å². The van der Waals surface area contributed by atoms with Crippen LogP contribution in [0.5, 0.6) is 5.75 Å². The highest BCUT2D eigenvalue weighted by Crippen LogP contribution is 2.29. The summed E-state index contributed by atoms with van der Waals surface area (Å²) in [4.78, 5) is 40.4. The lowest BCUT2D eigenvalue weighted by Crippen LogP contribution is -2.46. The number of nitrogens with one attached hydrogen (secondary N) is 1. The van der Waals surface area contributed by atoms with Crippen LogP contribution in [0, 0.1) is 5.92 Å². The van der Waals surface area contributed by atoms with E-state index in [-0.39, 0.29) is 18.2 Å². The van der Waals surface area contributed by atoms with Gasteiger partial charge >= 0.3 is 0 Å². The monoisotopic (exact) mass is 472 g/mol. The van der Waals surface area contributed by atoms with Crippen molar-refractivity contribution in [2.45, 2.75) is 6.42 Å². The van der Waals surface area contributed by atoms with E-state index in [2.05, 4.69) is 49.4 Å². The minimum absolute atomic E-state index is 0.0851. The number of hydrogen-bond donors (Lipinski definition) is 1. The van der Waals surface area contributed by atoms with Gasteiger partial charge in [-0.15, -0.1) is 0 Å². The first-order chi connectivity index (χ1) is 17.1. The molecule has 0 aliphatic carbocycles. The second-order valence-electron chi connectivity index (χ2n) is 8.67. The first-order valence-electron chi connectivity index (χ1n) is 11.7. The summed E-state index contributed by atoms with van der Waals surface area (Å²) in [5.41, 5.74) is 1.94. The average molecular weight is 473 g/mol. The Labute approximate surface area is 204 Å². The zero-order valence-electron chi connectivity index (χ0n) is 19.6. The van der Waals surface area contributed by atoms with Crippen molar-refractivity contribution < 1.29 is 14.3 Å². The lowest BCUT2D eigenvalue weighted by Gasteiger charge is -2.36. The molecule has 5 rings (SSSR count). The van der Waals surface area contributed by atoms with Crippen molar-refractivity contribution in [2.24, 2.45) is 5.92 Å². The number of carbonyl (C=O) groups excluding carboxylic acids is 2. The third-order valence-corrected chi connectivity index (χ3v) is 6.49. The zero-order chi connectivity index (χ0) is 24.2. The minimum atomic E-state index is -0.457. The first kappa shape index (κ1) is 22.6. The topological polar surface area (TPSA) is 90.9 Å². The Kier molecular flexibility index (Phi) is 6.47. The first-order valence-corrected chi connectivity index (χ1v) is 11.7. The summed E-state index contributed by atoms with van der Waals surface area (Å²) < 4.78 is 5.25. The molecule has 2 amide bonds. The molecule has 3 heterocycles. The average Bonchev–Trinajstić information content (AvgIpc) is 3.31. The van der Waals surface area contributed by atoms with Gasteiger partial charge in [0.2, 0.25) is 11.8 Å². The summed E-state index contributed by atoms with van der Waals surface area (Å²) in [6.07, 6.45) is 1.62. The van der Waals surface area contributed by atoms with Crippen LogP contribution >= 0.6 is 0 Å². The van der Waals surface area contributed by atoms with Crippen molar-refractivity contribution in [3.63, 3.8) is 0 Å². The van der Waals surface area contributed by atoms with Gasteiger partial charge in [0.1, 0.15) is 23.7 Å². The smallest absolute Gasteiger partial charge is 0.230 e. The Morgan fingerprint density at radius 3 is 2.46 bits per heavy atom. The molecule has 35 heavy (non-hydrogen) atoms. The molecule has 2 fully saturated rings. The maximum atomic E-state index is 13.0. The Balaban J connectivity index is 1.20. The summed E-state index contributed by atoms with van der Waals surface area (Å²) in [5.74, 6) is 1.13. The molecule has 2 saturated heterocycles. The normalized spacial score (nSPS) is 18.0. The van der Waals surface area contributed by atoms with Crippen LogP contribution in [0.4, 0.5) is 23.0 Å². The van der Waals surface area contributed by atoms with Crippen LogP contribution in [-0.4, -0.2) is 61.6 Å². The molecule has 1 unspecified atom stereocenters. The van der Waals surface area contributed by atoms with Gasteiger partial charge in [-0.3, -0.25) is 9.59 Å². The highest BCUT2D eigenvalue weighted by atomic mass is 16.5. The van der Waals surface area contributed by atoms with Gasteiger partial charge in [-0.2, -0.15) is 0 Å². The van der Waals surface area contributed by atoms with Gasteiger partial charge in [0.15, 0.2) is 0 Å². The fourth-order valence-corrected chi connectivity index (χ4v) is 4.56. The Bertz CT molecular complexity index is 1200. The molecule has 2 aliphatic rings. The van der Waals surface area contributed by atoms with Crippen molar-refractivity contribution in [3.05, 3.63) is 67.0 Å². The van der Waals surface area contributed by atoms with Crippen molar-refractivity contribution in [3.8, 4) is 5.75 Å². The fraction of sp³-hybridized carbons (Fsp3) is 0.308. The SMILES string of the molecule is COc1cccc(N2CC(C(=O)Nc3cc(N4CCN(c5ccccc5)CC4)ncn3)CC2=O)c1. The molecule has 0 saturated carbocycles. The molecule has 180 valence electrons. The summed E-state index contributed by atoms with van der Waals surface area (Å²) in [5, 5.41) is 2.88. The lowest BCUT2D eigenvalue weighted by molar-refractivity contribution is -0.122. The molecule has 2 aliphatic heterocycles. The number of amides is 2. The number of methoxy groups -OCH3 is 1. The van der Waals surface area contributed by atoms with E-state index in [0.29, 0.717) is 18.1 Å². The quantitative estimate of drug-likeness (QED) is 0.590. The van der Waals surface area contributed by atoms with Gasteiger partial charge in [-0.05, 0) is 24.3 Å². The van der Waals surface area contributed by atoms with E-state index in [1.807, 2.05) is 24.3 Å². The number of ether oxygens (including phenoxy) is 1. The molecule has 1 N–H and O–H groups in total. The number of rotatable bonds is 6. The minimum Gasteiger partial charge on any atom is -0.497 e. The van der Waals surface area contributed by atoms with E-state index in [1.165, 1.54) is 12.0 Å². The maximum absolute atomic E-state index is 13.0. The van der Waals surface area contributed by atoms with Crippen LogP contribution < -0.4 is 24.8 Å². The van der Waals surface area contributed by atoms with Crippen LogP contribution in [0.25, 0.3) is 0 Å². The summed E-state index contributed by atoms with van der Waals surface area (Å²) in [7, 11) is 1.58. The Morgan fingerprint density at radius 1 is 0.943 bits per heavy atom. The van der Waals surface area contributed by atoms with Crippen LogP contribution in [-0.2, 0) is 9.59 Å². The molecule has 0 spiro atoms. The summed E-state index contributed by atoms with van der Waals surface area (Å²) in [6.45, 7) is 3.75. The highest BCUT2D eigenvalue weighted by Gasteiger charge is 2.35. The van der Waals surface area contributed by atoms with E-state index in [1.54, 1.807) is 24.1 Å². The zero-order valence-corrected chi connectivity index (χ0v) is 19.6. The standard InChI is InChI=1S/C26H28N6O3/c1-35-22-9-5-8-21(15-22)32-17-19(14-25(32)33)26(34)29-23-16-24(28-18-27-23)31-12-10-30(11-13-31)20-6-3-2-4-7-20/h2-9,15-16,18-19H,10-14,17H2,1H3,(H,27,28,29,34). The van der Waals surface area contributed by atoms with Crippen molar-refractivity contribution in [1.82, 2.24) is 9.97 Å². The molecule has 3 aromatic rings.